The van der Waals surface area contributed by atoms with Gasteiger partial charge in [-0.2, -0.15) is 0 Å². The lowest BCUT2D eigenvalue weighted by molar-refractivity contribution is -0.113. The van der Waals surface area contributed by atoms with E-state index in [2.05, 4.69) is 6.58 Å². The zero-order chi connectivity index (χ0) is 20.1. The van der Waals surface area contributed by atoms with E-state index in [9.17, 15) is 9.59 Å². The third kappa shape index (κ3) is 4.16. The molecule has 1 aliphatic rings. The molecule has 0 radical (unpaired) electrons. The molecule has 5 nitrogen and oxygen atoms in total. The fourth-order valence-electron chi connectivity index (χ4n) is 2.59. The topological polar surface area (TPSA) is 55.8 Å². The van der Waals surface area contributed by atoms with E-state index in [1.165, 1.54) is 23.8 Å². The van der Waals surface area contributed by atoms with Gasteiger partial charge in [-0.3, -0.25) is 9.69 Å². The summed E-state index contributed by atoms with van der Waals surface area (Å²) in [7, 11) is 1.30. The molecule has 0 saturated carbocycles. The highest BCUT2D eigenvalue weighted by atomic mass is 32.2. The molecule has 1 amide bonds. The summed E-state index contributed by atoms with van der Waals surface area (Å²) in [5.74, 6) is -0.0846. The lowest BCUT2D eigenvalue weighted by Gasteiger charge is -2.17. The van der Waals surface area contributed by atoms with Crippen molar-refractivity contribution in [3.05, 3.63) is 77.2 Å². The first-order valence-corrected chi connectivity index (χ1v) is 9.56. The zero-order valence-corrected chi connectivity index (χ0v) is 16.7. The molecule has 0 aliphatic carbocycles. The molecule has 1 saturated heterocycles. The average Bonchev–Trinajstić information content (AvgIpc) is 2.99. The number of thioether (sulfide) groups is 1. The second kappa shape index (κ2) is 8.86. The van der Waals surface area contributed by atoms with Crippen molar-refractivity contribution in [1.29, 1.82) is 0 Å². The van der Waals surface area contributed by atoms with Crippen LogP contribution < -0.4 is 9.64 Å². The van der Waals surface area contributed by atoms with E-state index in [0.29, 0.717) is 21.5 Å². The van der Waals surface area contributed by atoms with Gasteiger partial charge in [0.25, 0.3) is 5.91 Å². The fourth-order valence-corrected chi connectivity index (χ4v) is 3.88. The number of anilines is 1. The van der Waals surface area contributed by atoms with E-state index in [1.54, 1.807) is 36.4 Å². The standard InChI is InChI=1S/C21H17NO4S2/c1-3-12-26-15-10-8-14(9-11-15)13-18-19(23)22(21(27)28-18)17-7-5-4-6-16(17)20(24)25-2/h3-11,13H,1,12H2,2H3/b18-13-. The molecule has 7 heteroatoms. The highest BCUT2D eigenvalue weighted by molar-refractivity contribution is 8.27. The van der Waals surface area contributed by atoms with E-state index >= 15 is 0 Å². The largest absolute Gasteiger partial charge is 0.490 e. The zero-order valence-electron chi connectivity index (χ0n) is 15.1. The number of para-hydroxylation sites is 1. The second-order valence-electron chi connectivity index (χ2n) is 5.69. The number of carbonyl (C=O) groups excluding carboxylic acids is 2. The van der Waals surface area contributed by atoms with Crippen molar-refractivity contribution >= 4 is 51.9 Å². The van der Waals surface area contributed by atoms with Gasteiger partial charge in [0.15, 0.2) is 4.32 Å². The van der Waals surface area contributed by atoms with Crippen molar-refractivity contribution in [2.45, 2.75) is 0 Å². The SMILES string of the molecule is C=CCOc1ccc(/C=C2\SC(=S)N(c3ccccc3C(=O)OC)C2=O)cc1. The quantitative estimate of drug-likeness (QED) is 0.303. The van der Waals surface area contributed by atoms with Crippen molar-refractivity contribution in [3.63, 3.8) is 0 Å². The summed E-state index contributed by atoms with van der Waals surface area (Å²) in [5, 5.41) is 0. The maximum atomic E-state index is 13.0. The first-order chi connectivity index (χ1) is 13.5. The van der Waals surface area contributed by atoms with E-state index in [4.69, 9.17) is 21.7 Å². The molecule has 1 fully saturated rings. The molecule has 2 aromatic carbocycles. The number of hydrogen-bond acceptors (Lipinski definition) is 6. The van der Waals surface area contributed by atoms with Gasteiger partial charge in [0, 0.05) is 0 Å². The van der Waals surface area contributed by atoms with Crippen LogP contribution >= 0.6 is 24.0 Å². The Bertz CT molecular complexity index is 967. The Morgan fingerprint density at radius 3 is 2.61 bits per heavy atom. The van der Waals surface area contributed by atoms with Crippen LogP contribution in [0.15, 0.2) is 66.1 Å². The predicted octanol–water partition coefficient (Wildman–Crippen LogP) is 4.44. The normalized spacial score (nSPS) is 15.0. The van der Waals surface area contributed by atoms with E-state index < -0.39 is 5.97 Å². The summed E-state index contributed by atoms with van der Waals surface area (Å²) in [6, 6.07) is 14.1. The molecule has 28 heavy (non-hydrogen) atoms. The van der Waals surface area contributed by atoms with Gasteiger partial charge in [0.05, 0.1) is 23.3 Å². The smallest absolute Gasteiger partial charge is 0.339 e. The number of benzene rings is 2. The number of ether oxygens (including phenoxy) is 2. The van der Waals surface area contributed by atoms with Crippen LogP contribution in [0.2, 0.25) is 0 Å². The Hall–Kier alpha value is -2.90. The Morgan fingerprint density at radius 1 is 1.21 bits per heavy atom. The summed E-state index contributed by atoms with van der Waals surface area (Å²) in [6.07, 6.45) is 3.43. The number of hydrogen-bond donors (Lipinski definition) is 0. The molecule has 0 bridgehead atoms. The molecule has 1 aliphatic heterocycles. The Morgan fingerprint density at radius 2 is 1.93 bits per heavy atom. The molecule has 142 valence electrons. The lowest BCUT2D eigenvalue weighted by Crippen LogP contribution is -2.29. The molecule has 0 spiro atoms. The van der Waals surface area contributed by atoms with Crippen molar-refractivity contribution in [2.75, 3.05) is 18.6 Å². The summed E-state index contributed by atoms with van der Waals surface area (Å²) in [4.78, 5) is 26.8. The van der Waals surface area contributed by atoms with Crippen LogP contribution in [-0.4, -0.2) is 29.9 Å². The van der Waals surface area contributed by atoms with Gasteiger partial charge in [-0.25, -0.2) is 4.79 Å². The van der Waals surface area contributed by atoms with Crippen molar-refractivity contribution in [1.82, 2.24) is 0 Å². The monoisotopic (exact) mass is 411 g/mol. The van der Waals surface area contributed by atoms with E-state index in [1.807, 2.05) is 24.3 Å². The van der Waals surface area contributed by atoms with Gasteiger partial charge in [-0.1, -0.05) is 60.9 Å². The maximum absolute atomic E-state index is 13.0. The summed E-state index contributed by atoms with van der Waals surface area (Å²) < 4.78 is 10.6. The highest BCUT2D eigenvalue weighted by Gasteiger charge is 2.35. The minimum Gasteiger partial charge on any atom is -0.490 e. The maximum Gasteiger partial charge on any atom is 0.339 e. The van der Waals surface area contributed by atoms with Gasteiger partial charge < -0.3 is 9.47 Å². The lowest BCUT2D eigenvalue weighted by atomic mass is 10.1. The molecule has 0 aromatic heterocycles. The van der Waals surface area contributed by atoms with Crippen LogP contribution in [0.1, 0.15) is 15.9 Å². The van der Waals surface area contributed by atoms with Gasteiger partial charge >= 0.3 is 5.97 Å². The average molecular weight is 412 g/mol. The number of amides is 1. The molecule has 2 aromatic rings. The third-order valence-corrected chi connectivity index (χ3v) is 5.19. The van der Waals surface area contributed by atoms with Crippen molar-refractivity contribution in [2.24, 2.45) is 0 Å². The molecule has 0 atom stereocenters. The van der Waals surface area contributed by atoms with Crippen LogP contribution in [0.4, 0.5) is 5.69 Å². The molecule has 0 unspecified atom stereocenters. The molecule has 1 heterocycles. The first kappa shape index (κ1) is 19.9. The van der Waals surface area contributed by atoms with E-state index in [-0.39, 0.29) is 11.5 Å². The van der Waals surface area contributed by atoms with Gasteiger partial charge in [0.1, 0.15) is 12.4 Å². The van der Waals surface area contributed by atoms with Gasteiger partial charge in [-0.05, 0) is 35.9 Å². The van der Waals surface area contributed by atoms with Crippen LogP contribution in [0, 0.1) is 0 Å². The Kier molecular flexibility index (Phi) is 6.28. The van der Waals surface area contributed by atoms with Gasteiger partial charge in [-0.15, -0.1) is 0 Å². The first-order valence-electron chi connectivity index (χ1n) is 8.34. The number of methoxy groups -OCH3 is 1. The summed E-state index contributed by atoms with van der Waals surface area (Å²) in [5.41, 5.74) is 1.53. The number of carbonyl (C=O) groups is 2. The number of esters is 1. The van der Waals surface area contributed by atoms with Crippen LogP contribution in [0.3, 0.4) is 0 Å². The second-order valence-corrected chi connectivity index (χ2v) is 7.37. The molecular weight excluding hydrogens is 394 g/mol. The Balaban J connectivity index is 1.87. The van der Waals surface area contributed by atoms with Crippen molar-refractivity contribution < 1.29 is 19.1 Å². The van der Waals surface area contributed by atoms with Crippen LogP contribution in [0.25, 0.3) is 6.08 Å². The summed E-state index contributed by atoms with van der Waals surface area (Å²) in [6.45, 7) is 4.04. The molecular formula is C21H17NO4S2. The van der Waals surface area contributed by atoms with Crippen LogP contribution in [-0.2, 0) is 9.53 Å². The number of thiocarbonyl (C=S) groups is 1. The minimum atomic E-state index is -0.524. The van der Waals surface area contributed by atoms with E-state index in [0.717, 1.165) is 11.3 Å². The van der Waals surface area contributed by atoms with Gasteiger partial charge in [0.2, 0.25) is 0 Å². The van der Waals surface area contributed by atoms with Crippen molar-refractivity contribution in [3.8, 4) is 5.75 Å². The predicted molar refractivity (Wildman–Crippen MR) is 116 cm³/mol. The summed E-state index contributed by atoms with van der Waals surface area (Å²) >= 11 is 6.58. The minimum absolute atomic E-state index is 0.279. The molecule has 3 rings (SSSR count). The Labute approximate surface area is 172 Å². The third-order valence-electron chi connectivity index (χ3n) is 3.89. The highest BCUT2D eigenvalue weighted by Crippen LogP contribution is 2.37. The number of nitrogens with zero attached hydrogens (tertiary/aromatic N) is 1. The van der Waals surface area contributed by atoms with Crippen LogP contribution in [0.5, 0.6) is 5.75 Å². The molecule has 0 N–H and O–H groups in total. The fraction of sp³-hybridized carbons (Fsp3) is 0.0952. The number of rotatable bonds is 6.